The van der Waals surface area contributed by atoms with Crippen LogP contribution in [0, 0.1) is 0 Å². The zero-order valence-corrected chi connectivity index (χ0v) is 11.2. The summed E-state index contributed by atoms with van der Waals surface area (Å²) in [5.74, 6) is 0.563. The molecule has 1 aromatic heterocycles. The third kappa shape index (κ3) is 2.90. The van der Waals surface area contributed by atoms with Gasteiger partial charge in [0.2, 0.25) is 10.0 Å². The average molecular weight is 286 g/mol. The van der Waals surface area contributed by atoms with Crippen molar-refractivity contribution in [2.75, 3.05) is 0 Å². The van der Waals surface area contributed by atoms with Crippen molar-refractivity contribution in [1.29, 1.82) is 0 Å². The number of nitrogens with one attached hydrogen (secondary N) is 2. The maximum absolute atomic E-state index is 12.1. The van der Waals surface area contributed by atoms with Crippen LogP contribution in [-0.2, 0) is 10.0 Å². The molecule has 1 heterocycles. The van der Waals surface area contributed by atoms with Gasteiger partial charge in [0.25, 0.3) is 0 Å². The van der Waals surface area contributed by atoms with Crippen LogP contribution < -0.4 is 4.72 Å². The van der Waals surface area contributed by atoms with Crippen LogP contribution in [0.2, 0.25) is 5.02 Å². The first kappa shape index (κ1) is 13.1. The fourth-order valence-electron chi connectivity index (χ4n) is 1.48. The lowest BCUT2D eigenvalue weighted by Gasteiger charge is -2.12. The first-order valence-electron chi connectivity index (χ1n) is 5.26. The first-order chi connectivity index (χ1) is 8.49. The molecule has 2 aromatic rings. The van der Waals surface area contributed by atoms with Gasteiger partial charge in [-0.3, -0.25) is 0 Å². The van der Waals surface area contributed by atoms with Gasteiger partial charge in [-0.25, -0.2) is 18.1 Å². The van der Waals surface area contributed by atoms with E-state index in [9.17, 15) is 8.42 Å². The van der Waals surface area contributed by atoms with Gasteiger partial charge in [-0.1, -0.05) is 11.6 Å². The molecule has 7 heteroatoms. The minimum absolute atomic E-state index is 0.172. The highest BCUT2D eigenvalue weighted by Crippen LogP contribution is 2.16. The minimum atomic E-state index is -3.57. The largest absolute Gasteiger partial charge is 0.347 e. The molecule has 1 aromatic carbocycles. The zero-order valence-electron chi connectivity index (χ0n) is 9.59. The normalized spacial score (nSPS) is 13.4. The molecule has 0 saturated heterocycles. The summed E-state index contributed by atoms with van der Waals surface area (Å²) in [4.78, 5) is 7.04. The van der Waals surface area contributed by atoms with Gasteiger partial charge in [-0.2, -0.15) is 0 Å². The molecule has 2 N–H and O–H groups in total. The van der Waals surface area contributed by atoms with E-state index in [1.165, 1.54) is 24.3 Å². The van der Waals surface area contributed by atoms with Gasteiger partial charge in [0.15, 0.2) is 0 Å². The topological polar surface area (TPSA) is 74.8 Å². The fraction of sp³-hybridized carbons (Fsp3) is 0.182. The Labute approximate surface area is 110 Å². The van der Waals surface area contributed by atoms with E-state index in [2.05, 4.69) is 14.7 Å². The lowest BCUT2D eigenvalue weighted by Crippen LogP contribution is -2.27. The maximum Gasteiger partial charge on any atom is 0.241 e. The molecular formula is C11H12ClN3O2S. The average Bonchev–Trinajstić information content (AvgIpc) is 2.82. The summed E-state index contributed by atoms with van der Waals surface area (Å²) < 4.78 is 26.6. The van der Waals surface area contributed by atoms with Crippen LogP contribution in [0.4, 0.5) is 0 Å². The van der Waals surface area contributed by atoms with E-state index in [0.717, 1.165) is 0 Å². The molecule has 0 aliphatic carbocycles. The first-order valence-corrected chi connectivity index (χ1v) is 7.12. The molecule has 0 amide bonds. The van der Waals surface area contributed by atoms with Crippen molar-refractivity contribution < 1.29 is 8.42 Å². The maximum atomic E-state index is 12.1. The Morgan fingerprint density at radius 3 is 2.56 bits per heavy atom. The third-order valence-electron chi connectivity index (χ3n) is 2.39. The Hall–Kier alpha value is -1.37. The molecule has 0 spiro atoms. The molecular weight excluding hydrogens is 274 g/mol. The van der Waals surface area contributed by atoms with E-state index in [-0.39, 0.29) is 4.90 Å². The summed E-state index contributed by atoms with van der Waals surface area (Å²) in [6, 6.07) is 5.56. The van der Waals surface area contributed by atoms with Crippen LogP contribution in [0.3, 0.4) is 0 Å². The minimum Gasteiger partial charge on any atom is -0.347 e. The van der Waals surface area contributed by atoms with Gasteiger partial charge in [-0.05, 0) is 31.2 Å². The summed E-state index contributed by atoms with van der Waals surface area (Å²) >= 11 is 5.72. The van der Waals surface area contributed by atoms with Crippen molar-refractivity contribution in [2.24, 2.45) is 0 Å². The SMILES string of the molecule is CC(NS(=O)(=O)c1ccc(Cl)cc1)c1ncc[nH]1. The number of aromatic amines is 1. The Balaban J connectivity index is 2.20. The highest BCUT2D eigenvalue weighted by atomic mass is 35.5. The summed E-state index contributed by atoms with van der Waals surface area (Å²) in [6.45, 7) is 1.71. The summed E-state index contributed by atoms with van der Waals surface area (Å²) in [7, 11) is -3.57. The summed E-state index contributed by atoms with van der Waals surface area (Å²) in [5, 5.41) is 0.494. The Morgan fingerprint density at radius 2 is 2.00 bits per heavy atom. The highest BCUT2D eigenvalue weighted by molar-refractivity contribution is 7.89. The van der Waals surface area contributed by atoms with E-state index < -0.39 is 16.1 Å². The van der Waals surface area contributed by atoms with E-state index in [0.29, 0.717) is 10.8 Å². The van der Waals surface area contributed by atoms with E-state index in [1.54, 1.807) is 19.3 Å². The van der Waals surface area contributed by atoms with E-state index in [1.807, 2.05) is 0 Å². The lowest BCUT2D eigenvalue weighted by atomic mass is 10.3. The van der Waals surface area contributed by atoms with Crippen LogP contribution >= 0.6 is 11.6 Å². The van der Waals surface area contributed by atoms with Crippen molar-refractivity contribution in [2.45, 2.75) is 17.9 Å². The second-order valence-electron chi connectivity index (χ2n) is 3.77. The molecule has 0 aliphatic heterocycles. The van der Waals surface area contributed by atoms with Crippen molar-refractivity contribution in [3.63, 3.8) is 0 Å². The highest BCUT2D eigenvalue weighted by Gasteiger charge is 2.19. The molecule has 2 rings (SSSR count). The van der Waals surface area contributed by atoms with Crippen molar-refractivity contribution in [1.82, 2.24) is 14.7 Å². The number of H-pyrrole nitrogens is 1. The van der Waals surface area contributed by atoms with Crippen LogP contribution in [0.5, 0.6) is 0 Å². The molecule has 96 valence electrons. The summed E-state index contributed by atoms with van der Waals surface area (Å²) in [6.07, 6.45) is 3.21. The standard InChI is InChI=1S/C11H12ClN3O2S/c1-8(11-13-6-7-14-11)15-18(16,17)10-4-2-9(12)3-5-10/h2-8,15H,1H3,(H,13,14). The van der Waals surface area contributed by atoms with Gasteiger partial charge < -0.3 is 4.98 Å². The predicted octanol–water partition coefficient (Wildman–Crippen LogP) is 2.10. The molecule has 0 radical (unpaired) electrons. The third-order valence-corrected chi connectivity index (χ3v) is 4.19. The molecule has 5 nitrogen and oxygen atoms in total. The van der Waals surface area contributed by atoms with Crippen molar-refractivity contribution in [3.8, 4) is 0 Å². The zero-order chi connectivity index (χ0) is 13.2. The lowest BCUT2D eigenvalue weighted by molar-refractivity contribution is 0.561. The van der Waals surface area contributed by atoms with Gasteiger partial charge in [0.1, 0.15) is 5.82 Å². The Kier molecular flexibility index (Phi) is 3.70. The van der Waals surface area contributed by atoms with Gasteiger partial charge in [0, 0.05) is 17.4 Å². The van der Waals surface area contributed by atoms with Crippen LogP contribution in [0.25, 0.3) is 0 Å². The predicted molar refractivity (Wildman–Crippen MR) is 68.8 cm³/mol. The van der Waals surface area contributed by atoms with Gasteiger partial charge in [0.05, 0.1) is 10.9 Å². The quantitative estimate of drug-likeness (QED) is 0.903. The second kappa shape index (κ2) is 5.09. The van der Waals surface area contributed by atoms with Crippen LogP contribution in [-0.4, -0.2) is 18.4 Å². The molecule has 0 aliphatic rings. The number of imidazole rings is 1. The number of rotatable bonds is 4. The van der Waals surface area contributed by atoms with Crippen molar-refractivity contribution >= 4 is 21.6 Å². The molecule has 1 unspecified atom stereocenters. The van der Waals surface area contributed by atoms with Crippen LogP contribution in [0.1, 0.15) is 18.8 Å². The second-order valence-corrected chi connectivity index (χ2v) is 5.92. The number of sulfonamides is 1. The monoisotopic (exact) mass is 285 g/mol. The fourth-order valence-corrected chi connectivity index (χ4v) is 2.82. The molecule has 18 heavy (non-hydrogen) atoms. The summed E-state index contributed by atoms with van der Waals surface area (Å²) in [5.41, 5.74) is 0. The van der Waals surface area contributed by atoms with Crippen molar-refractivity contribution in [3.05, 3.63) is 47.5 Å². The number of hydrogen-bond donors (Lipinski definition) is 2. The van der Waals surface area contributed by atoms with Gasteiger partial charge >= 0.3 is 0 Å². The molecule has 0 bridgehead atoms. The molecule has 0 saturated carbocycles. The number of benzene rings is 1. The number of hydrogen-bond acceptors (Lipinski definition) is 3. The molecule has 0 fully saturated rings. The molecule has 1 atom stereocenters. The van der Waals surface area contributed by atoms with Gasteiger partial charge in [-0.15, -0.1) is 0 Å². The van der Waals surface area contributed by atoms with E-state index in [4.69, 9.17) is 11.6 Å². The number of halogens is 1. The van der Waals surface area contributed by atoms with Crippen LogP contribution in [0.15, 0.2) is 41.6 Å². The number of aromatic nitrogens is 2. The number of nitrogens with zero attached hydrogens (tertiary/aromatic N) is 1. The Bertz CT molecular complexity index is 608. The Morgan fingerprint density at radius 1 is 1.33 bits per heavy atom. The van der Waals surface area contributed by atoms with E-state index >= 15 is 0 Å². The smallest absolute Gasteiger partial charge is 0.241 e.